The molecule has 0 aromatic carbocycles. The summed E-state index contributed by atoms with van der Waals surface area (Å²) in [5, 5.41) is 6.88. The Kier molecular flexibility index (Phi) is 4.97. The number of carbonyl (C=O) groups is 1. The molecule has 2 fully saturated rings. The van der Waals surface area contributed by atoms with Crippen LogP contribution in [-0.4, -0.2) is 48.5 Å². The lowest BCUT2D eigenvalue weighted by Crippen LogP contribution is -2.41. The first-order valence-electron chi connectivity index (χ1n) is 8.75. The second-order valence-electron chi connectivity index (χ2n) is 7.09. The molecule has 0 aliphatic carbocycles. The number of aryl methyl sites for hydroxylation is 1. The predicted molar refractivity (Wildman–Crippen MR) is 91.0 cm³/mol. The average molecular weight is 316 g/mol. The monoisotopic (exact) mass is 316 g/mol. The van der Waals surface area contributed by atoms with Gasteiger partial charge in [-0.2, -0.15) is 0 Å². The molecule has 5 heteroatoms. The molecule has 1 aromatic rings. The summed E-state index contributed by atoms with van der Waals surface area (Å²) >= 11 is 0. The van der Waals surface area contributed by atoms with E-state index in [0.717, 1.165) is 38.2 Å². The number of nitrogens with zero attached hydrogens (tertiary/aromatic N) is 2. The molecule has 0 unspecified atom stereocenters. The van der Waals surface area contributed by atoms with Crippen molar-refractivity contribution in [1.82, 2.24) is 20.5 Å². The zero-order valence-electron chi connectivity index (χ0n) is 14.3. The van der Waals surface area contributed by atoms with Crippen molar-refractivity contribution < 1.29 is 4.79 Å². The summed E-state index contributed by atoms with van der Waals surface area (Å²) in [6, 6.07) is 4.09. The highest BCUT2D eigenvalue weighted by Gasteiger charge is 2.42. The van der Waals surface area contributed by atoms with Crippen molar-refractivity contribution in [3.05, 3.63) is 29.6 Å². The Bertz CT molecular complexity index is 536. The molecular weight excluding hydrogens is 288 g/mol. The summed E-state index contributed by atoms with van der Waals surface area (Å²) in [6.07, 6.45) is 6.22. The van der Waals surface area contributed by atoms with Crippen LogP contribution < -0.4 is 10.6 Å². The van der Waals surface area contributed by atoms with Gasteiger partial charge < -0.3 is 15.5 Å². The second-order valence-corrected chi connectivity index (χ2v) is 7.09. The van der Waals surface area contributed by atoms with E-state index in [2.05, 4.69) is 28.6 Å². The van der Waals surface area contributed by atoms with Crippen LogP contribution in [0.2, 0.25) is 0 Å². The highest BCUT2D eigenvalue weighted by Crippen LogP contribution is 2.37. The molecule has 0 radical (unpaired) electrons. The van der Waals surface area contributed by atoms with Gasteiger partial charge in [-0.15, -0.1) is 0 Å². The van der Waals surface area contributed by atoms with Crippen molar-refractivity contribution in [2.45, 2.75) is 45.2 Å². The summed E-state index contributed by atoms with van der Waals surface area (Å²) in [6.45, 7) is 5.82. The Morgan fingerprint density at radius 1 is 1.39 bits per heavy atom. The number of carbonyl (C=O) groups excluding carboxylic acids is 1. The first-order valence-corrected chi connectivity index (χ1v) is 8.75. The van der Waals surface area contributed by atoms with Gasteiger partial charge in [-0.1, -0.05) is 13.0 Å². The van der Waals surface area contributed by atoms with Crippen molar-refractivity contribution in [3.8, 4) is 0 Å². The van der Waals surface area contributed by atoms with Gasteiger partial charge >= 0.3 is 0 Å². The Labute approximate surface area is 138 Å². The lowest BCUT2D eigenvalue weighted by Gasteiger charge is -2.33. The van der Waals surface area contributed by atoms with Gasteiger partial charge in [-0.3, -0.25) is 9.78 Å². The van der Waals surface area contributed by atoms with Gasteiger partial charge in [0.25, 0.3) is 0 Å². The van der Waals surface area contributed by atoms with Crippen LogP contribution in [0.4, 0.5) is 0 Å². The standard InChI is InChI=1S/C18H28N4O/c1-3-14-4-5-15(20-11-14)12-22(2)17(23)16-10-18(13-21-16)6-8-19-9-7-18/h4-5,11,16,19,21H,3,6-10,12-13H2,1-2H3/t16-/m0/s1. The molecule has 3 heterocycles. The van der Waals surface area contributed by atoms with E-state index in [1.165, 1.54) is 18.4 Å². The number of rotatable bonds is 4. The van der Waals surface area contributed by atoms with Crippen LogP contribution in [0.15, 0.2) is 18.3 Å². The molecule has 126 valence electrons. The quantitative estimate of drug-likeness (QED) is 0.880. The van der Waals surface area contributed by atoms with E-state index in [0.29, 0.717) is 12.0 Å². The zero-order valence-corrected chi connectivity index (χ0v) is 14.3. The lowest BCUT2D eigenvalue weighted by atomic mass is 9.77. The van der Waals surface area contributed by atoms with E-state index in [1.54, 1.807) is 0 Å². The van der Waals surface area contributed by atoms with Crippen LogP contribution in [0.3, 0.4) is 0 Å². The number of hydrogen-bond donors (Lipinski definition) is 2. The van der Waals surface area contributed by atoms with E-state index >= 15 is 0 Å². The minimum Gasteiger partial charge on any atom is -0.339 e. The Hall–Kier alpha value is -1.46. The summed E-state index contributed by atoms with van der Waals surface area (Å²) in [5.74, 6) is 0.196. The molecule has 1 atom stereocenters. The lowest BCUT2D eigenvalue weighted by molar-refractivity contribution is -0.132. The van der Waals surface area contributed by atoms with Crippen LogP contribution in [0, 0.1) is 5.41 Å². The highest BCUT2D eigenvalue weighted by molar-refractivity contribution is 5.82. The van der Waals surface area contributed by atoms with Crippen molar-refractivity contribution in [2.24, 2.45) is 5.41 Å². The SMILES string of the molecule is CCc1ccc(CN(C)C(=O)[C@@H]2CC3(CCNCC3)CN2)nc1. The molecular formula is C18H28N4O. The van der Waals surface area contributed by atoms with Gasteiger partial charge in [0.2, 0.25) is 5.91 Å². The van der Waals surface area contributed by atoms with E-state index in [-0.39, 0.29) is 11.9 Å². The summed E-state index contributed by atoms with van der Waals surface area (Å²) in [4.78, 5) is 19.0. The van der Waals surface area contributed by atoms with Crippen LogP contribution in [-0.2, 0) is 17.8 Å². The summed E-state index contributed by atoms with van der Waals surface area (Å²) in [7, 11) is 1.88. The number of amides is 1. The zero-order chi connectivity index (χ0) is 16.3. The van der Waals surface area contributed by atoms with Gasteiger partial charge in [-0.05, 0) is 55.8 Å². The number of piperidine rings is 1. The largest absolute Gasteiger partial charge is 0.339 e. The maximum absolute atomic E-state index is 12.7. The topological polar surface area (TPSA) is 57.3 Å². The minimum atomic E-state index is -0.0342. The van der Waals surface area contributed by atoms with Crippen LogP contribution in [0.1, 0.15) is 37.4 Å². The Balaban J connectivity index is 1.57. The van der Waals surface area contributed by atoms with Crippen molar-refractivity contribution in [2.75, 3.05) is 26.7 Å². The molecule has 1 spiro atoms. The first-order chi connectivity index (χ1) is 11.1. The van der Waals surface area contributed by atoms with Crippen LogP contribution in [0.5, 0.6) is 0 Å². The molecule has 2 N–H and O–H groups in total. The second kappa shape index (κ2) is 6.97. The molecule has 0 bridgehead atoms. The molecule has 2 saturated heterocycles. The molecule has 1 amide bonds. The maximum atomic E-state index is 12.7. The van der Waals surface area contributed by atoms with E-state index in [9.17, 15) is 4.79 Å². The number of hydrogen-bond acceptors (Lipinski definition) is 4. The number of nitrogens with one attached hydrogen (secondary N) is 2. The molecule has 0 saturated carbocycles. The maximum Gasteiger partial charge on any atom is 0.239 e. The van der Waals surface area contributed by atoms with Gasteiger partial charge in [0.15, 0.2) is 0 Å². The van der Waals surface area contributed by atoms with Gasteiger partial charge in [0, 0.05) is 19.8 Å². The predicted octanol–water partition coefficient (Wildman–Crippen LogP) is 1.33. The minimum absolute atomic E-state index is 0.0342. The van der Waals surface area contributed by atoms with Gasteiger partial charge in [0.05, 0.1) is 18.3 Å². The molecule has 23 heavy (non-hydrogen) atoms. The van der Waals surface area contributed by atoms with Gasteiger partial charge in [-0.25, -0.2) is 0 Å². The first kappa shape index (κ1) is 16.4. The molecule has 1 aromatic heterocycles. The fourth-order valence-electron chi connectivity index (χ4n) is 3.77. The third kappa shape index (κ3) is 3.72. The van der Waals surface area contributed by atoms with Crippen LogP contribution >= 0.6 is 0 Å². The molecule has 5 nitrogen and oxygen atoms in total. The van der Waals surface area contributed by atoms with E-state index in [1.807, 2.05) is 24.2 Å². The molecule has 2 aliphatic rings. The number of pyridine rings is 1. The summed E-state index contributed by atoms with van der Waals surface area (Å²) < 4.78 is 0. The average Bonchev–Trinajstić information content (AvgIpc) is 2.99. The Morgan fingerprint density at radius 2 is 2.17 bits per heavy atom. The number of aromatic nitrogens is 1. The van der Waals surface area contributed by atoms with Crippen molar-refractivity contribution in [1.29, 1.82) is 0 Å². The Morgan fingerprint density at radius 3 is 2.83 bits per heavy atom. The fraction of sp³-hybridized carbons (Fsp3) is 0.667. The summed E-state index contributed by atoms with van der Waals surface area (Å²) in [5.41, 5.74) is 2.51. The third-order valence-corrected chi connectivity index (χ3v) is 5.39. The highest BCUT2D eigenvalue weighted by atomic mass is 16.2. The molecule has 2 aliphatic heterocycles. The fourth-order valence-corrected chi connectivity index (χ4v) is 3.77. The van der Waals surface area contributed by atoms with Crippen molar-refractivity contribution in [3.63, 3.8) is 0 Å². The third-order valence-electron chi connectivity index (χ3n) is 5.39. The van der Waals surface area contributed by atoms with E-state index < -0.39 is 0 Å². The van der Waals surface area contributed by atoms with Crippen molar-refractivity contribution >= 4 is 5.91 Å². The van der Waals surface area contributed by atoms with E-state index in [4.69, 9.17) is 0 Å². The normalized spacial score (nSPS) is 23.1. The smallest absolute Gasteiger partial charge is 0.239 e. The van der Waals surface area contributed by atoms with Crippen LogP contribution in [0.25, 0.3) is 0 Å². The molecule has 3 rings (SSSR count). The number of likely N-dealkylation sites (N-methyl/N-ethyl adjacent to an activating group) is 1. The van der Waals surface area contributed by atoms with Gasteiger partial charge in [0.1, 0.15) is 0 Å².